The lowest BCUT2D eigenvalue weighted by atomic mass is 9.89. The zero-order valence-corrected chi connectivity index (χ0v) is 9.29. The fourth-order valence-electron chi connectivity index (χ4n) is 2.13. The minimum atomic E-state index is -1.42. The molecule has 1 aliphatic rings. The average Bonchev–Trinajstić information content (AvgIpc) is 3.08. The maximum absolute atomic E-state index is 13.6. The van der Waals surface area contributed by atoms with Gasteiger partial charge in [-0.25, -0.2) is 13.2 Å². The number of carboxylic acids is 1. The van der Waals surface area contributed by atoms with Gasteiger partial charge in [-0.1, -0.05) is 0 Å². The van der Waals surface area contributed by atoms with Crippen LogP contribution in [0.5, 0.6) is 5.75 Å². The molecule has 1 aromatic carbocycles. The van der Waals surface area contributed by atoms with E-state index in [0.29, 0.717) is 12.8 Å². The van der Waals surface area contributed by atoms with E-state index < -0.39 is 47.1 Å². The second kappa shape index (κ2) is 4.51. The third-order valence-corrected chi connectivity index (χ3v) is 3.14. The molecule has 0 radical (unpaired) electrons. The van der Waals surface area contributed by atoms with Crippen molar-refractivity contribution in [2.75, 3.05) is 0 Å². The molecule has 2 rings (SSSR count). The first-order chi connectivity index (χ1) is 8.41. The zero-order chi connectivity index (χ0) is 13.4. The Morgan fingerprint density at radius 3 is 2.44 bits per heavy atom. The Bertz CT molecular complexity index is 472. The average molecular weight is 260 g/mol. The lowest BCUT2D eigenvalue weighted by molar-refractivity contribution is -0.137. The molecule has 0 saturated heterocycles. The first-order valence-electron chi connectivity index (χ1n) is 5.50. The molecule has 98 valence electrons. The third-order valence-electron chi connectivity index (χ3n) is 3.14. The van der Waals surface area contributed by atoms with Crippen LogP contribution in [0.1, 0.15) is 30.7 Å². The highest BCUT2D eigenvalue weighted by molar-refractivity contribution is 5.68. The number of hydrogen-bond donors (Lipinski definition) is 2. The molecule has 1 aromatic rings. The molecule has 3 nitrogen and oxygen atoms in total. The monoisotopic (exact) mass is 260 g/mol. The second-order valence-corrected chi connectivity index (χ2v) is 4.46. The van der Waals surface area contributed by atoms with E-state index in [4.69, 9.17) is 5.11 Å². The van der Waals surface area contributed by atoms with Crippen molar-refractivity contribution in [2.45, 2.75) is 25.2 Å². The van der Waals surface area contributed by atoms with Crippen LogP contribution < -0.4 is 0 Å². The number of halogens is 3. The van der Waals surface area contributed by atoms with E-state index in [0.717, 1.165) is 0 Å². The predicted molar refractivity (Wildman–Crippen MR) is 55.7 cm³/mol. The maximum atomic E-state index is 13.6. The summed E-state index contributed by atoms with van der Waals surface area (Å²) in [5.74, 6) is -7.30. The number of aromatic hydroxyl groups is 1. The number of carboxylic acid groups (broad SMARTS) is 1. The van der Waals surface area contributed by atoms with Crippen molar-refractivity contribution in [1.82, 2.24) is 0 Å². The van der Waals surface area contributed by atoms with Gasteiger partial charge in [0.25, 0.3) is 0 Å². The molecule has 6 heteroatoms. The fraction of sp³-hybridized carbons (Fsp3) is 0.417. The van der Waals surface area contributed by atoms with Gasteiger partial charge in [-0.3, -0.25) is 4.79 Å². The van der Waals surface area contributed by atoms with Gasteiger partial charge in [-0.05, 0) is 18.8 Å². The van der Waals surface area contributed by atoms with Crippen LogP contribution in [0.15, 0.2) is 6.07 Å². The lowest BCUT2D eigenvalue weighted by Crippen LogP contribution is -2.12. The highest BCUT2D eigenvalue weighted by Crippen LogP contribution is 2.48. The molecule has 1 atom stereocenters. The highest BCUT2D eigenvalue weighted by Gasteiger charge is 2.38. The Hall–Kier alpha value is -1.72. The van der Waals surface area contributed by atoms with Gasteiger partial charge in [0.1, 0.15) is 0 Å². The standard InChI is InChI=1S/C12H11F3O3/c13-7-4-8(14)12(18)10(11(7)15)6(3-9(16)17)5-1-2-5/h4-6,18H,1-3H2,(H,16,17). The molecular weight excluding hydrogens is 249 g/mol. The van der Waals surface area contributed by atoms with E-state index in [2.05, 4.69) is 0 Å². The SMILES string of the molecule is O=C(O)CC(c1c(O)c(F)cc(F)c1F)C1CC1. The molecular formula is C12H11F3O3. The molecule has 0 amide bonds. The minimum Gasteiger partial charge on any atom is -0.505 e. The summed E-state index contributed by atoms with van der Waals surface area (Å²) in [7, 11) is 0. The van der Waals surface area contributed by atoms with Crippen molar-refractivity contribution in [3.05, 3.63) is 29.1 Å². The number of phenols is 1. The Balaban J connectivity index is 2.49. The molecule has 0 bridgehead atoms. The summed E-state index contributed by atoms with van der Waals surface area (Å²) in [5.41, 5.74) is -0.558. The fourth-order valence-corrected chi connectivity index (χ4v) is 2.13. The van der Waals surface area contributed by atoms with Crippen molar-refractivity contribution in [1.29, 1.82) is 0 Å². The molecule has 1 aliphatic carbocycles. The number of carbonyl (C=O) groups is 1. The van der Waals surface area contributed by atoms with Crippen molar-refractivity contribution >= 4 is 5.97 Å². The van der Waals surface area contributed by atoms with E-state index in [1.54, 1.807) is 0 Å². The first-order valence-corrected chi connectivity index (χ1v) is 5.50. The van der Waals surface area contributed by atoms with Crippen LogP contribution in [-0.2, 0) is 4.79 Å². The Labute approximate surface area is 101 Å². The summed E-state index contributed by atoms with van der Waals surface area (Å²) >= 11 is 0. The van der Waals surface area contributed by atoms with Crippen LogP contribution in [-0.4, -0.2) is 16.2 Å². The van der Waals surface area contributed by atoms with Crippen molar-refractivity contribution in [3.63, 3.8) is 0 Å². The minimum absolute atomic E-state index is 0.150. The summed E-state index contributed by atoms with van der Waals surface area (Å²) in [6.07, 6.45) is 0.863. The quantitative estimate of drug-likeness (QED) is 0.818. The van der Waals surface area contributed by atoms with Crippen molar-refractivity contribution < 1.29 is 28.2 Å². The van der Waals surface area contributed by atoms with E-state index in [-0.39, 0.29) is 12.0 Å². The third kappa shape index (κ3) is 2.27. The molecule has 0 heterocycles. The van der Waals surface area contributed by atoms with Crippen molar-refractivity contribution in [3.8, 4) is 5.75 Å². The zero-order valence-electron chi connectivity index (χ0n) is 9.29. The maximum Gasteiger partial charge on any atom is 0.303 e. The van der Waals surface area contributed by atoms with E-state index >= 15 is 0 Å². The van der Waals surface area contributed by atoms with Gasteiger partial charge in [0.15, 0.2) is 23.2 Å². The van der Waals surface area contributed by atoms with Gasteiger partial charge in [-0.2, -0.15) is 0 Å². The van der Waals surface area contributed by atoms with Crippen molar-refractivity contribution in [2.24, 2.45) is 5.92 Å². The van der Waals surface area contributed by atoms with Gasteiger partial charge < -0.3 is 10.2 Å². The molecule has 1 unspecified atom stereocenters. The first kappa shape index (κ1) is 12.7. The highest BCUT2D eigenvalue weighted by atomic mass is 19.2. The molecule has 18 heavy (non-hydrogen) atoms. The van der Waals surface area contributed by atoms with Crippen LogP contribution in [0, 0.1) is 23.4 Å². The molecule has 0 spiro atoms. The van der Waals surface area contributed by atoms with E-state index in [1.807, 2.05) is 0 Å². The largest absolute Gasteiger partial charge is 0.505 e. The van der Waals surface area contributed by atoms with Gasteiger partial charge in [0.2, 0.25) is 0 Å². The Kier molecular flexibility index (Phi) is 3.19. The predicted octanol–water partition coefficient (Wildman–Crippen LogP) is 2.78. The van der Waals surface area contributed by atoms with Crippen LogP contribution in [0.3, 0.4) is 0 Å². The molecule has 2 N–H and O–H groups in total. The van der Waals surface area contributed by atoms with Crippen LogP contribution >= 0.6 is 0 Å². The number of rotatable bonds is 4. The number of aliphatic carboxylic acids is 1. The number of hydrogen-bond acceptors (Lipinski definition) is 2. The van der Waals surface area contributed by atoms with Crippen LogP contribution in [0.25, 0.3) is 0 Å². The van der Waals surface area contributed by atoms with Gasteiger partial charge >= 0.3 is 5.97 Å². The summed E-state index contributed by atoms with van der Waals surface area (Å²) < 4.78 is 40.0. The van der Waals surface area contributed by atoms with E-state index in [9.17, 15) is 23.1 Å². The topological polar surface area (TPSA) is 57.5 Å². The lowest BCUT2D eigenvalue weighted by Gasteiger charge is -2.17. The smallest absolute Gasteiger partial charge is 0.303 e. The van der Waals surface area contributed by atoms with E-state index in [1.165, 1.54) is 0 Å². The number of benzene rings is 1. The van der Waals surface area contributed by atoms with Crippen LogP contribution in [0.2, 0.25) is 0 Å². The Morgan fingerprint density at radius 2 is 1.94 bits per heavy atom. The summed E-state index contributed by atoms with van der Waals surface area (Å²) in [5, 5.41) is 18.2. The molecule has 1 fully saturated rings. The summed E-state index contributed by atoms with van der Waals surface area (Å²) in [4.78, 5) is 10.7. The molecule has 0 aromatic heterocycles. The summed E-state index contributed by atoms with van der Waals surface area (Å²) in [6, 6.07) is 0.249. The van der Waals surface area contributed by atoms with Gasteiger partial charge in [-0.15, -0.1) is 0 Å². The number of phenolic OH excluding ortho intramolecular Hbond substituents is 1. The Morgan fingerprint density at radius 1 is 1.33 bits per heavy atom. The molecule has 1 saturated carbocycles. The molecule has 0 aliphatic heterocycles. The summed E-state index contributed by atoms with van der Waals surface area (Å²) in [6.45, 7) is 0. The normalized spacial score (nSPS) is 16.6. The van der Waals surface area contributed by atoms with Gasteiger partial charge in [0, 0.05) is 17.5 Å². The van der Waals surface area contributed by atoms with Crippen LogP contribution in [0.4, 0.5) is 13.2 Å². The second-order valence-electron chi connectivity index (χ2n) is 4.46. The van der Waals surface area contributed by atoms with Gasteiger partial charge in [0.05, 0.1) is 6.42 Å².